The normalized spacial score (nSPS) is 15.2. The standard InChI is InChI=1S/C51H43N2O2/c1-32-16-26-44-42(28-32)46(34(3)52(44)40-22-18-38(19-23-40)30-36-12-8-6-9-13-36)48-50(54)49(51(48)55-5)47-35(4)53(45-27-17-33(2)29-43(45)47)41-24-20-39(21-25-41)31-37-14-10-7-11-15-37/h6-29H,30-31H2,1-5H3/q+1. The molecule has 4 nitrogen and oxygen atoms in total. The third-order valence-corrected chi connectivity index (χ3v) is 11.2. The maximum Gasteiger partial charge on any atom is 0.219 e. The lowest BCUT2D eigenvalue weighted by Crippen LogP contribution is -2.26. The molecule has 0 amide bonds. The quantitative estimate of drug-likeness (QED) is 0.116. The van der Waals surface area contributed by atoms with Gasteiger partial charge in [0.25, 0.3) is 0 Å². The summed E-state index contributed by atoms with van der Waals surface area (Å²) < 4.78 is 10.8. The maximum atomic E-state index is 14.8. The first kappa shape index (κ1) is 34.3. The molecule has 0 unspecified atom stereocenters. The van der Waals surface area contributed by atoms with Crippen LogP contribution in [-0.4, -0.2) is 23.2 Å². The fourth-order valence-corrected chi connectivity index (χ4v) is 8.60. The van der Waals surface area contributed by atoms with Gasteiger partial charge in [0.15, 0.2) is 5.71 Å². The summed E-state index contributed by atoms with van der Waals surface area (Å²) in [7, 11) is 1.69. The van der Waals surface area contributed by atoms with Gasteiger partial charge < -0.3 is 9.30 Å². The van der Waals surface area contributed by atoms with E-state index in [4.69, 9.17) is 4.74 Å². The molecule has 0 N–H and O–H groups in total. The number of carbonyl (C=O) groups is 1. The van der Waals surface area contributed by atoms with Crippen LogP contribution >= 0.6 is 0 Å². The zero-order valence-corrected chi connectivity index (χ0v) is 32.0. The molecule has 0 fully saturated rings. The molecule has 0 spiro atoms. The molecule has 0 atom stereocenters. The van der Waals surface area contributed by atoms with E-state index in [9.17, 15) is 4.79 Å². The van der Waals surface area contributed by atoms with Crippen LogP contribution in [0.3, 0.4) is 0 Å². The van der Waals surface area contributed by atoms with Crippen molar-refractivity contribution in [1.29, 1.82) is 0 Å². The van der Waals surface area contributed by atoms with Crippen molar-refractivity contribution in [1.82, 2.24) is 9.14 Å². The van der Waals surface area contributed by atoms with Gasteiger partial charge in [0, 0.05) is 47.5 Å². The number of hydrogen-bond donors (Lipinski definition) is 0. The van der Waals surface area contributed by atoms with E-state index in [0.29, 0.717) is 16.9 Å². The van der Waals surface area contributed by atoms with Gasteiger partial charge in [-0.05, 0) is 86.2 Å². The van der Waals surface area contributed by atoms with Crippen LogP contribution in [0.1, 0.15) is 57.1 Å². The Morgan fingerprint density at radius 2 is 1.15 bits per heavy atom. The fourth-order valence-electron chi connectivity index (χ4n) is 8.60. The Bertz CT molecular complexity index is 2750. The van der Waals surface area contributed by atoms with Crippen molar-refractivity contribution in [2.75, 3.05) is 7.11 Å². The van der Waals surface area contributed by atoms with E-state index in [1.54, 1.807) is 7.11 Å². The van der Waals surface area contributed by atoms with Crippen LogP contribution in [0.5, 0.6) is 0 Å². The number of ketones is 1. The molecule has 9 rings (SSSR count). The smallest absolute Gasteiger partial charge is 0.219 e. The third-order valence-electron chi connectivity index (χ3n) is 11.2. The molecule has 6 aromatic carbocycles. The van der Waals surface area contributed by atoms with Gasteiger partial charge in [0.2, 0.25) is 17.2 Å². The topological polar surface area (TPSA) is 34.2 Å². The average Bonchev–Trinajstić information content (AvgIpc) is 3.63. The lowest BCUT2D eigenvalue weighted by atomic mass is 9.77. The summed E-state index contributed by atoms with van der Waals surface area (Å²) in [4.78, 5) is 14.8. The summed E-state index contributed by atoms with van der Waals surface area (Å²) in [6.45, 7) is 8.45. The van der Waals surface area contributed by atoms with Crippen LogP contribution in [0.25, 0.3) is 27.7 Å². The van der Waals surface area contributed by atoms with E-state index in [-0.39, 0.29) is 5.78 Å². The molecule has 2 aliphatic rings. The molecule has 0 radical (unpaired) electrons. The number of aromatic nitrogens is 1. The Labute approximate surface area is 323 Å². The zero-order chi connectivity index (χ0) is 37.8. The first-order valence-electron chi connectivity index (χ1n) is 19.0. The number of methoxy groups -OCH3 is 1. The van der Waals surface area contributed by atoms with E-state index < -0.39 is 0 Å². The third kappa shape index (κ3) is 5.86. The number of fused-ring (bicyclic) bond motifs is 2. The summed E-state index contributed by atoms with van der Waals surface area (Å²) in [5, 5.41) is 1.05. The number of Topliss-reactive ketones (excluding diaryl/α,β-unsaturated/α-hetero) is 1. The van der Waals surface area contributed by atoms with Crippen molar-refractivity contribution in [2.45, 2.75) is 40.5 Å². The number of hydrogen-bond acceptors (Lipinski definition) is 2. The van der Waals surface area contributed by atoms with Crippen molar-refractivity contribution in [3.63, 3.8) is 0 Å². The first-order valence-corrected chi connectivity index (χ1v) is 19.0. The van der Waals surface area contributed by atoms with Gasteiger partial charge in [-0.1, -0.05) is 108 Å². The summed E-state index contributed by atoms with van der Waals surface area (Å²) in [6, 6.07) is 51.7. The van der Waals surface area contributed by atoms with Gasteiger partial charge >= 0.3 is 0 Å². The number of rotatable bonds is 8. The Hall–Kier alpha value is -6.52. The molecule has 0 saturated carbocycles. The largest absolute Gasteiger partial charge is 0.495 e. The summed E-state index contributed by atoms with van der Waals surface area (Å²) in [6.07, 6.45) is 1.76. The predicted molar refractivity (Wildman–Crippen MR) is 227 cm³/mol. The molecule has 0 bridgehead atoms. The zero-order valence-electron chi connectivity index (χ0n) is 32.0. The van der Waals surface area contributed by atoms with Crippen molar-refractivity contribution in [2.24, 2.45) is 0 Å². The Kier molecular flexibility index (Phi) is 8.54. The highest BCUT2D eigenvalue weighted by Gasteiger charge is 2.46. The second kappa shape index (κ2) is 13.7. The van der Waals surface area contributed by atoms with Crippen molar-refractivity contribution < 1.29 is 9.53 Å². The Balaban J connectivity index is 1.16. The van der Waals surface area contributed by atoms with E-state index in [2.05, 4.69) is 182 Å². The highest BCUT2D eigenvalue weighted by atomic mass is 16.5. The van der Waals surface area contributed by atoms with E-state index >= 15 is 0 Å². The number of ether oxygens (including phenoxy) is 1. The second-order valence-corrected chi connectivity index (χ2v) is 14.9. The number of benzene rings is 6. The lowest BCUT2D eigenvalue weighted by Gasteiger charge is -2.26. The van der Waals surface area contributed by atoms with E-state index in [1.807, 2.05) is 0 Å². The lowest BCUT2D eigenvalue weighted by molar-refractivity contribution is -0.111. The van der Waals surface area contributed by atoms with Gasteiger partial charge in [0.1, 0.15) is 5.76 Å². The van der Waals surface area contributed by atoms with Crippen LogP contribution < -0.4 is 4.58 Å². The number of aryl methyl sites for hydroxylation is 2. The number of carbonyl (C=O) groups excluding carboxylic acids is 1. The van der Waals surface area contributed by atoms with Crippen LogP contribution in [0.15, 0.2) is 157 Å². The first-order chi connectivity index (χ1) is 26.8. The molecule has 268 valence electrons. The van der Waals surface area contributed by atoms with E-state index in [1.165, 1.54) is 22.3 Å². The molecule has 1 aliphatic carbocycles. The van der Waals surface area contributed by atoms with Gasteiger partial charge in [-0.25, -0.2) is 0 Å². The number of nitrogens with zero attached hydrogens (tertiary/aromatic N) is 2. The van der Waals surface area contributed by atoms with Gasteiger partial charge in [0.05, 0.1) is 34.9 Å². The molecular formula is C51H43N2O2+. The minimum atomic E-state index is 0.0144. The minimum Gasteiger partial charge on any atom is -0.495 e. The highest BCUT2D eigenvalue weighted by molar-refractivity contribution is 6.48. The van der Waals surface area contributed by atoms with Gasteiger partial charge in [-0.3, -0.25) is 4.79 Å². The Morgan fingerprint density at radius 3 is 1.76 bits per heavy atom. The number of allylic oxidation sites excluding steroid dienone is 3. The SMILES string of the molecule is COC1=C(c2c(C)n(-c3ccc(Cc4ccccc4)cc3)c3ccc(C)cc23)C(=O)/C1=C1\C(C)=[N+](c2ccc(Cc3ccccc3)cc2)c2ccc(C)cc21. The van der Waals surface area contributed by atoms with Crippen LogP contribution in [0, 0.1) is 20.8 Å². The molecule has 2 heterocycles. The van der Waals surface area contributed by atoms with Crippen molar-refractivity contribution >= 4 is 44.9 Å². The molecule has 7 aromatic rings. The predicted octanol–water partition coefficient (Wildman–Crippen LogP) is 11.4. The van der Waals surface area contributed by atoms with Crippen molar-refractivity contribution in [3.8, 4) is 5.69 Å². The van der Waals surface area contributed by atoms with Crippen molar-refractivity contribution in [3.05, 3.63) is 207 Å². The highest BCUT2D eigenvalue weighted by Crippen LogP contribution is 2.50. The molecule has 1 aliphatic heterocycles. The van der Waals surface area contributed by atoms with E-state index in [0.717, 1.165) is 80.0 Å². The summed E-state index contributed by atoms with van der Waals surface area (Å²) >= 11 is 0. The van der Waals surface area contributed by atoms with Gasteiger partial charge in [-0.2, -0.15) is 4.58 Å². The molecule has 55 heavy (non-hydrogen) atoms. The average molecular weight is 716 g/mol. The minimum absolute atomic E-state index is 0.0144. The van der Waals surface area contributed by atoms with Crippen LogP contribution in [0.4, 0.5) is 11.4 Å². The fraction of sp³-hybridized carbons (Fsp3) is 0.137. The maximum absolute atomic E-state index is 14.8. The monoisotopic (exact) mass is 715 g/mol. The second-order valence-electron chi connectivity index (χ2n) is 14.9. The van der Waals surface area contributed by atoms with Crippen LogP contribution in [-0.2, 0) is 22.4 Å². The molecule has 1 aromatic heterocycles. The van der Waals surface area contributed by atoms with Crippen LogP contribution in [0.2, 0.25) is 0 Å². The summed E-state index contributed by atoms with van der Waals surface area (Å²) in [5.74, 6) is 0.661. The molecule has 0 saturated heterocycles. The molecular weight excluding hydrogens is 673 g/mol. The molecule has 4 heteroatoms. The summed E-state index contributed by atoms with van der Waals surface area (Å²) in [5.41, 5.74) is 17.9. The Morgan fingerprint density at radius 1 is 0.582 bits per heavy atom. The van der Waals surface area contributed by atoms with Gasteiger partial charge in [-0.15, -0.1) is 0 Å².